The fourth-order valence-corrected chi connectivity index (χ4v) is 6.40. The number of para-hydroxylation sites is 1. The summed E-state index contributed by atoms with van der Waals surface area (Å²) in [7, 11) is -3.88. The van der Waals surface area contributed by atoms with Crippen molar-refractivity contribution in [2.45, 2.75) is 30.7 Å². The Morgan fingerprint density at radius 1 is 1.12 bits per heavy atom. The summed E-state index contributed by atoms with van der Waals surface area (Å²) in [6.07, 6.45) is 1.77. The summed E-state index contributed by atoms with van der Waals surface area (Å²) in [6, 6.07) is 17.9. The van der Waals surface area contributed by atoms with Crippen LogP contribution >= 0.6 is 11.3 Å². The van der Waals surface area contributed by atoms with Crippen molar-refractivity contribution in [2.75, 3.05) is 11.3 Å². The Bertz CT molecular complexity index is 1450. The van der Waals surface area contributed by atoms with Gasteiger partial charge in [0.2, 0.25) is 0 Å². The number of halogens is 1. The molecule has 0 aliphatic carbocycles. The van der Waals surface area contributed by atoms with Gasteiger partial charge in [0.15, 0.2) is 0 Å². The summed E-state index contributed by atoms with van der Waals surface area (Å²) >= 11 is 1.61. The molecule has 0 spiro atoms. The molecule has 1 amide bonds. The predicted molar refractivity (Wildman–Crippen MR) is 131 cm³/mol. The first kappa shape index (κ1) is 22.5. The highest BCUT2D eigenvalue weighted by Gasteiger charge is 2.32. The standard InChI is InChI=1S/C25H22FN3O3S2/c1-16-15-19(12-13-20(16)26)34(31,32)28-18-10-8-17(9-11-18)25(30)29-14-4-6-22(29)24-27-21-5-2-3-7-23(21)33-24/h2-3,5,7-13,15,22,28H,4,6,14H2,1H3. The van der Waals surface area contributed by atoms with E-state index < -0.39 is 15.8 Å². The lowest BCUT2D eigenvalue weighted by molar-refractivity contribution is 0.0735. The highest BCUT2D eigenvalue weighted by atomic mass is 32.2. The molecule has 1 atom stereocenters. The van der Waals surface area contributed by atoms with E-state index in [1.165, 1.54) is 19.1 Å². The lowest BCUT2D eigenvalue weighted by Crippen LogP contribution is -2.30. The van der Waals surface area contributed by atoms with E-state index in [9.17, 15) is 17.6 Å². The van der Waals surface area contributed by atoms with Crippen molar-refractivity contribution in [1.82, 2.24) is 9.88 Å². The molecule has 1 fully saturated rings. The average Bonchev–Trinajstić information content (AvgIpc) is 3.47. The highest BCUT2D eigenvalue weighted by Crippen LogP contribution is 2.37. The van der Waals surface area contributed by atoms with Crippen molar-refractivity contribution < 1.29 is 17.6 Å². The second-order valence-electron chi connectivity index (χ2n) is 8.27. The number of aromatic nitrogens is 1. The largest absolute Gasteiger partial charge is 0.329 e. The molecule has 5 rings (SSSR count). The Morgan fingerprint density at radius 3 is 2.62 bits per heavy atom. The van der Waals surface area contributed by atoms with Crippen molar-refractivity contribution in [1.29, 1.82) is 0 Å². The Morgan fingerprint density at radius 2 is 1.88 bits per heavy atom. The lowest BCUT2D eigenvalue weighted by atomic mass is 10.1. The molecule has 1 aliphatic heterocycles. The van der Waals surface area contributed by atoms with Crippen LogP contribution in [-0.4, -0.2) is 30.8 Å². The predicted octanol–water partition coefficient (Wildman–Crippen LogP) is 5.52. The first-order chi connectivity index (χ1) is 16.3. The molecule has 34 heavy (non-hydrogen) atoms. The number of thiazole rings is 1. The van der Waals surface area contributed by atoms with Gasteiger partial charge in [0.25, 0.3) is 15.9 Å². The summed E-state index contributed by atoms with van der Waals surface area (Å²) < 4.78 is 42.4. The van der Waals surface area contributed by atoms with Gasteiger partial charge < -0.3 is 4.90 Å². The van der Waals surface area contributed by atoms with E-state index in [1.807, 2.05) is 29.2 Å². The molecular formula is C25H22FN3O3S2. The van der Waals surface area contributed by atoms with Crippen LogP contribution in [0.2, 0.25) is 0 Å². The van der Waals surface area contributed by atoms with E-state index in [4.69, 9.17) is 4.98 Å². The minimum atomic E-state index is -3.88. The maximum Gasteiger partial charge on any atom is 0.261 e. The number of aryl methyl sites for hydroxylation is 1. The highest BCUT2D eigenvalue weighted by molar-refractivity contribution is 7.92. The number of sulfonamides is 1. The molecule has 1 unspecified atom stereocenters. The third-order valence-corrected chi connectivity index (χ3v) is 8.45. The van der Waals surface area contributed by atoms with E-state index in [0.717, 1.165) is 34.1 Å². The minimum absolute atomic E-state index is 0.0257. The molecule has 0 radical (unpaired) electrons. The third kappa shape index (κ3) is 4.28. The number of hydrogen-bond donors (Lipinski definition) is 1. The normalized spacial score (nSPS) is 16.2. The number of carbonyl (C=O) groups is 1. The van der Waals surface area contributed by atoms with Gasteiger partial charge in [-0.15, -0.1) is 11.3 Å². The molecule has 1 saturated heterocycles. The maximum absolute atomic E-state index is 13.5. The first-order valence-corrected chi connectivity index (χ1v) is 13.2. The second kappa shape index (κ2) is 8.81. The van der Waals surface area contributed by atoms with Crippen LogP contribution in [0.15, 0.2) is 71.6 Å². The van der Waals surface area contributed by atoms with Gasteiger partial charge >= 0.3 is 0 Å². The molecular weight excluding hydrogens is 473 g/mol. The number of hydrogen-bond acceptors (Lipinski definition) is 5. The lowest BCUT2D eigenvalue weighted by Gasteiger charge is -2.23. The van der Waals surface area contributed by atoms with Gasteiger partial charge in [-0.25, -0.2) is 17.8 Å². The monoisotopic (exact) mass is 495 g/mol. The molecule has 1 aliphatic rings. The Balaban J connectivity index is 1.33. The van der Waals surface area contributed by atoms with Gasteiger partial charge in [0.05, 0.1) is 21.2 Å². The van der Waals surface area contributed by atoms with Crippen LogP contribution in [0.25, 0.3) is 10.2 Å². The number of carbonyl (C=O) groups excluding carboxylic acids is 1. The van der Waals surface area contributed by atoms with E-state index in [1.54, 1.807) is 35.6 Å². The molecule has 2 heterocycles. The summed E-state index contributed by atoms with van der Waals surface area (Å²) in [6.45, 7) is 2.16. The first-order valence-electron chi connectivity index (χ1n) is 10.9. The van der Waals surface area contributed by atoms with E-state index >= 15 is 0 Å². The van der Waals surface area contributed by atoms with Crippen molar-refractivity contribution in [2.24, 2.45) is 0 Å². The summed E-state index contributed by atoms with van der Waals surface area (Å²) in [5.41, 5.74) is 1.99. The minimum Gasteiger partial charge on any atom is -0.329 e. The number of fused-ring (bicyclic) bond motifs is 1. The van der Waals surface area contributed by atoms with Gasteiger partial charge in [-0.2, -0.15) is 0 Å². The van der Waals surface area contributed by atoms with E-state index in [2.05, 4.69) is 4.72 Å². The van der Waals surface area contributed by atoms with Crippen molar-refractivity contribution >= 4 is 43.2 Å². The number of nitrogens with zero attached hydrogens (tertiary/aromatic N) is 2. The molecule has 9 heteroatoms. The summed E-state index contributed by atoms with van der Waals surface area (Å²) in [5, 5.41) is 0.936. The molecule has 1 aromatic heterocycles. The van der Waals surface area contributed by atoms with Gasteiger partial charge in [-0.05, 0) is 79.9 Å². The van der Waals surface area contributed by atoms with Gasteiger partial charge in [-0.3, -0.25) is 9.52 Å². The molecule has 4 aromatic rings. The van der Waals surface area contributed by atoms with Crippen molar-refractivity contribution in [3.63, 3.8) is 0 Å². The smallest absolute Gasteiger partial charge is 0.261 e. The Hall–Kier alpha value is -3.30. The zero-order chi connectivity index (χ0) is 23.9. The Labute approximate surface area is 201 Å². The number of amides is 1. The van der Waals surface area contributed by atoms with Crippen molar-refractivity contribution in [3.8, 4) is 0 Å². The number of rotatable bonds is 5. The van der Waals surface area contributed by atoms with Gasteiger partial charge in [-0.1, -0.05) is 12.1 Å². The SMILES string of the molecule is Cc1cc(S(=O)(=O)Nc2ccc(C(=O)N3CCCC3c3nc4ccccc4s3)cc2)ccc1F. The molecule has 0 saturated carbocycles. The molecule has 6 nitrogen and oxygen atoms in total. The van der Waals surface area contributed by atoms with Crippen LogP contribution in [0, 0.1) is 12.7 Å². The van der Waals surface area contributed by atoms with E-state index in [0.29, 0.717) is 17.8 Å². The molecule has 3 aromatic carbocycles. The molecule has 174 valence electrons. The van der Waals surface area contributed by atoms with Gasteiger partial charge in [0, 0.05) is 17.8 Å². The van der Waals surface area contributed by atoms with Crippen LogP contribution in [0.1, 0.15) is 39.8 Å². The Kier molecular flexibility index (Phi) is 5.83. The molecule has 1 N–H and O–H groups in total. The fraction of sp³-hybridized carbons (Fsp3) is 0.200. The van der Waals surface area contributed by atoms with Crippen LogP contribution < -0.4 is 4.72 Å². The van der Waals surface area contributed by atoms with Crippen LogP contribution in [0.3, 0.4) is 0 Å². The average molecular weight is 496 g/mol. The summed E-state index contributed by atoms with van der Waals surface area (Å²) in [4.78, 5) is 19.8. The number of nitrogens with one attached hydrogen (secondary N) is 1. The molecule has 0 bridgehead atoms. The zero-order valence-corrected chi connectivity index (χ0v) is 20.0. The van der Waals surface area contributed by atoms with Crippen molar-refractivity contribution in [3.05, 3.63) is 88.7 Å². The third-order valence-electron chi connectivity index (χ3n) is 5.93. The van der Waals surface area contributed by atoms with Crippen LogP contribution in [-0.2, 0) is 10.0 Å². The van der Waals surface area contributed by atoms with Gasteiger partial charge in [0.1, 0.15) is 10.8 Å². The summed E-state index contributed by atoms with van der Waals surface area (Å²) in [5.74, 6) is -0.571. The maximum atomic E-state index is 13.5. The quantitative estimate of drug-likeness (QED) is 0.395. The number of anilines is 1. The topological polar surface area (TPSA) is 79.4 Å². The number of benzene rings is 3. The van der Waals surface area contributed by atoms with Crippen LogP contribution in [0.4, 0.5) is 10.1 Å². The van der Waals surface area contributed by atoms with Crippen LogP contribution in [0.5, 0.6) is 0 Å². The van der Waals surface area contributed by atoms with E-state index in [-0.39, 0.29) is 22.4 Å². The fourth-order valence-electron chi connectivity index (χ4n) is 4.14. The zero-order valence-electron chi connectivity index (χ0n) is 18.4. The number of likely N-dealkylation sites (tertiary alicyclic amines) is 1. The second-order valence-corrected chi connectivity index (χ2v) is 11.0.